The first-order chi connectivity index (χ1) is 15.7. The van der Waals surface area contributed by atoms with Crippen LogP contribution in [0.5, 0.6) is 0 Å². The molecule has 3 aliphatic rings. The molecule has 1 amide bonds. The zero-order valence-corrected chi connectivity index (χ0v) is 19.2. The van der Waals surface area contributed by atoms with Crippen molar-refractivity contribution < 1.29 is 18.3 Å². The number of alkyl halides is 2. The number of rotatable bonds is 3. The third-order valence-electron chi connectivity index (χ3n) is 7.26. The van der Waals surface area contributed by atoms with Gasteiger partial charge in [0.2, 0.25) is 5.91 Å². The molecule has 5 rings (SSSR count). The van der Waals surface area contributed by atoms with Crippen molar-refractivity contribution in [3.63, 3.8) is 0 Å². The predicted octanol–water partition coefficient (Wildman–Crippen LogP) is 3.67. The van der Waals surface area contributed by atoms with E-state index in [0.717, 1.165) is 54.6 Å². The molecule has 7 nitrogen and oxygen atoms in total. The molecule has 0 bridgehead atoms. The number of halogens is 2. The van der Waals surface area contributed by atoms with Gasteiger partial charge in [-0.2, -0.15) is 8.78 Å². The first kappa shape index (κ1) is 22.5. The van der Waals surface area contributed by atoms with E-state index in [-0.39, 0.29) is 34.4 Å². The van der Waals surface area contributed by atoms with Crippen LogP contribution in [0.25, 0.3) is 0 Å². The van der Waals surface area contributed by atoms with Crippen molar-refractivity contribution in [3.05, 3.63) is 35.7 Å². The number of nitrogens with zero attached hydrogens (tertiary/aromatic N) is 3. The maximum atomic E-state index is 14.8. The van der Waals surface area contributed by atoms with Crippen molar-refractivity contribution in [1.29, 1.82) is 0 Å². The minimum atomic E-state index is -3.14. The smallest absolute Gasteiger partial charge is 0.293 e. The Morgan fingerprint density at radius 1 is 1.30 bits per heavy atom. The number of fused-ring (bicyclic) bond motifs is 1. The zero-order valence-electron chi connectivity index (χ0n) is 18.4. The van der Waals surface area contributed by atoms with E-state index in [1.54, 1.807) is 18.3 Å². The summed E-state index contributed by atoms with van der Waals surface area (Å²) in [4.78, 5) is 22.3. The van der Waals surface area contributed by atoms with E-state index in [4.69, 9.17) is 16.2 Å². The molecule has 2 fully saturated rings. The van der Waals surface area contributed by atoms with E-state index in [9.17, 15) is 13.6 Å². The Labute approximate surface area is 195 Å². The molecular formula is C23H27F2N5O2S. The molecule has 0 radical (unpaired) electrons. The molecule has 1 aromatic heterocycles. The normalized spacial score (nSPS) is 28.3. The number of carbonyl (C=O) groups is 1. The van der Waals surface area contributed by atoms with Crippen LogP contribution in [-0.2, 0) is 15.5 Å². The van der Waals surface area contributed by atoms with Crippen molar-refractivity contribution in [1.82, 2.24) is 9.97 Å². The van der Waals surface area contributed by atoms with Crippen LogP contribution in [0, 0.1) is 5.41 Å². The number of hydrogen-bond acceptors (Lipinski definition) is 7. The van der Waals surface area contributed by atoms with E-state index in [2.05, 4.69) is 9.97 Å². The second-order valence-electron chi connectivity index (χ2n) is 9.31. The summed E-state index contributed by atoms with van der Waals surface area (Å²) in [6.07, 6.45) is 5.55. The molecule has 1 atom stereocenters. The Bertz CT molecular complexity index is 1090. The van der Waals surface area contributed by atoms with Gasteiger partial charge in [0.15, 0.2) is 5.82 Å². The number of benzene rings is 1. The van der Waals surface area contributed by atoms with Gasteiger partial charge in [-0.3, -0.25) is 4.79 Å². The van der Waals surface area contributed by atoms with Crippen LogP contribution in [0.3, 0.4) is 0 Å². The van der Waals surface area contributed by atoms with Gasteiger partial charge in [0.05, 0.1) is 42.9 Å². The maximum Gasteiger partial charge on any atom is 0.293 e. The van der Waals surface area contributed by atoms with Crippen molar-refractivity contribution in [2.45, 2.75) is 60.4 Å². The monoisotopic (exact) mass is 475 g/mol. The van der Waals surface area contributed by atoms with E-state index in [1.807, 2.05) is 0 Å². The SMILES string of the molecule is CC(=O)N1CC(F)(F)c2c(Sc3ncc(C4CCC5(CC4)COC[C@H]5N)nc3N)cccc21. The maximum absolute atomic E-state index is 14.8. The summed E-state index contributed by atoms with van der Waals surface area (Å²) in [7, 11) is 0. The molecule has 0 unspecified atom stereocenters. The summed E-state index contributed by atoms with van der Waals surface area (Å²) in [6.45, 7) is 1.97. The Hall–Kier alpha value is -2.30. The second kappa shape index (κ2) is 8.18. The van der Waals surface area contributed by atoms with Crippen molar-refractivity contribution in [2.24, 2.45) is 11.1 Å². The van der Waals surface area contributed by atoms with Crippen LogP contribution in [0.2, 0.25) is 0 Å². The largest absolute Gasteiger partial charge is 0.381 e. The van der Waals surface area contributed by atoms with Crippen LogP contribution in [0.1, 0.15) is 49.8 Å². The van der Waals surface area contributed by atoms with Gasteiger partial charge in [0.1, 0.15) is 5.03 Å². The van der Waals surface area contributed by atoms with Gasteiger partial charge in [0.25, 0.3) is 5.92 Å². The standard InChI is InChI=1S/C23H27F2N5O2S/c1-13(31)30-11-23(24,25)19-16(30)3-2-4-17(19)33-21-20(27)29-15(9-28-21)14-5-7-22(8-6-14)12-32-10-18(22)26/h2-4,9,14,18H,5-8,10-12,26H2,1H3,(H2,27,29)/t14?,18-,22?/m1/s1. The van der Waals surface area contributed by atoms with Crippen molar-refractivity contribution in [3.8, 4) is 0 Å². The molecule has 1 saturated heterocycles. The van der Waals surface area contributed by atoms with Crippen molar-refractivity contribution >= 4 is 29.2 Å². The summed E-state index contributed by atoms with van der Waals surface area (Å²) in [5.74, 6) is -3.10. The van der Waals surface area contributed by atoms with Crippen LogP contribution >= 0.6 is 11.8 Å². The van der Waals surface area contributed by atoms with E-state index < -0.39 is 18.4 Å². The number of nitrogens with two attached hydrogens (primary N) is 2. The summed E-state index contributed by atoms with van der Waals surface area (Å²) >= 11 is 1.06. The highest BCUT2D eigenvalue weighted by atomic mass is 32.2. The Morgan fingerprint density at radius 2 is 2.06 bits per heavy atom. The molecule has 176 valence electrons. The molecule has 1 saturated carbocycles. The quantitative estimate of drug-likeness (QED) is 0.697. The van der Waals surface area contributed by atoms with Crippen LogP contribution in [-0.4, -0.2) is 41.7 Å². The number of ether oxygens (including phenoxy) is 1. The summed E-state index contributed by atoms with van der Waals surface area (Å²) in [6, 6.07) is 4.88. The molecule has 1 aliphatic carbocycles. The van der Waals surface area contributed by atoms with E-state index >= 15 is 0 Å². The number of nitrogen functional groups attached to an aromatic ring is 1. The molecule has 10 heteroatoms. The lowest BCUT2D eigenvalue weighted by atomic mass is 9.67. The Morgan fingerprint density at radius 3 is 2.70 bits per heavy atom. The molecule has 3 heterocycles. The highest BCUT2D eigenvalue weighted by molar-refractivity contribution is 7.99. The van der Waals surface area contributed by atoms with Crippen molar-refractivity contribution in [2.75, 3.05) is 30.4 Å². The average Bonchev–Trinajstić information content (AvgIpc) is 3.27. The van der Waals surface area contributed by atoms with Gasteiger partial charge in [-0.05, 0) is 37.8 Å². The van der Waals surface area contributed by atoms with Gasteiger partial charge in [-0.15, -0.1) is 0 Å². The number of amides is 1. The summed E-state index contributed by atoms with van der Waals surface area (Å²) in [5, 5.41) is 0.378. The molecule has 1 spiro atoms. The minimum Gasteiger partial charge on any atom is -0.381 e. The number of carbonyl (C=O) groups excluding carboxylic acids is 1. The zero-order chi connectivity index (χ0) is 23.4. The fourth-order valence-electron chi connectivity index (χ4n) is 5.30. The first-order valence-electron chi connectivity index (χ1n) is 11.1. The lowest BCUT2D eigenvalue weighted by Crippen LogP contribution is -2.43. The van der Waals surface area contributed by atoms with Crippen LogP contribution in [0.4, 0.5) is 20.3 Å². The predicted molar refractivity (Wildman–Crippen MR) is 121 cm³/mol. The Balaban J connectivity index is 1.35. The third kappa shape index (κ3) is 3.87. The van der Waals surface area contributed by atoms with Gasteiger partial charge in [-0.1, -0.05) is 17.8 Å². The first-order valence-corrected chi connectivity index (χ1v) is 11.9. The molecule has 33 heavy (non-hydrogen) atoms. The highest BCUT2D eigenvalue weighted by Gasteiger charge is 2.47. The van der Waals surface area contributed by atoms with Gasteiger partial charge in [-0.25, -0.2) is 9.97 Å². The average molecular weight is 476 g/mol. The fraction of sp³-hybridized carbons (Fsp3) is 0.522. The van der Waals surface area contributed by atoms with Gasteiger partial charge >= 0.3 is 0 Å². The summed E-state index contributed by atoms with van der Waals surface area (Å²) < 4.78 is 35.2. The van der Waals surface area contributed by atoms with Gasteiger partial charge in [0, 0.05) is 29.2 Å². The molecule has 2 aromatic rings. The Kier molecular flexibility index (Phi) is 5.57. The second-order valence-corrected chi connectivity index (χ2v) is 10.3. The lowest BCUT2D eigenvalue weighted by Gasteiger charge is -2.38. The van der Waals surface area contributed by atoms with E-state index in [0.29, 0.717) is 16.5 Å². The molecular weight excluding hydrogens is 448 g/mol. The number of anilines is 2. The van der Waals surface area contributed by atoms with Gasteiger partial charge < -0.3 is 21.1 Å². The fourth-order valence-corrected chi connectivity index (χ4v) is 6.27. The number of aromatic nitrogens is 2. The van der Waals surface area contributed by atoms with E-state index in [1.165, 1.54) is 13.0 Å². The number of hydrogen-bond donors (Lipinski definition) is 2. The molecule has 4 N–H and O–H groups in total. The molecule has 1 aromatic carbocycles. The van der Waals surface area contributed by atoms with Crippen LogP contribution in [0.15, 0.2) is 34.3 Å². The summed E-state index contributed by atoms with van der Waals surface area (Å²) in [5.41, 5.74) is 13.4. The third-order valence-corrected chi connectivity index (χ3v) is 8.33. The highest BCUT2D eigenvalue weighted by Crippen LogP contribution is 2.50. The lowest BCUT2D eigenvalue weighted by molar-refractivity contribution is -0.117. The molecule has 2 aliphatic heterocycles. The van der Waals surface area contributed by atoms with Crippen LogP contribution < -0.4 is 16.4 Å². The minimum absolute atomic E-state index is 0.0674. The topological polar surface area (TPSA) is 107 Å².